The van der Waals surface area contributed by atoms with Crippen LogP contribution in [0.1, 0.15) is 18.4 Å². The zero-order chi connectivity index (χ0) is 17.6. The van der Waals surface area contributed by atoms with Crippen LogP contribution in [-0.2, 0) is 11.3 Å². The minimum atomic E-state index is -0.229. The molecule has 1 atom stereocenters. The maximum atomic E-state index is 11.5. The number of pyridine rings is 1. The largest absolute Gasteiger partial charge is 0.370 e. The number of thioether (sulfide) groups is 1. The first-order valence-corrected chi connectivity index (χ1v) is 9.91. The Morgan fingerprint density at radius 3 is 2.88 bits per heavy atom. The summed E-state index contributed by atoms with van der Waals surface area (Å²) in [5, 5.41) is 0. The van der Waals surface area contributed by atoms with Crippen molar-refractivity contribution in [2.45, 2.75) is 19.4 Å². The van der Waals surface area contributed by atoms with Gasteiger partial charge in [0.1, 0.15) is 5.82 Å². The third kappa shape index (κ3) is 4.56. The summed E-state index contributed by atoms with van der Waals surface area (Å²) >= 11 is 1.95. The van der Waals surface area contributed by atoms with Gasteiger partial charge < -0.3 is 21.3 Å². The predicted molar refractivity (Wildman–Crippen MR) is 103 cm³/mol. The smallest absolute Gasteiger partial charge is 0.222 e. The third-order valence-corrected chi connectivity index (χ3v) is 5.68. The second-order valence-corrected chi connectivity index (χ2v) is 7.67. The number of hydrogen-bond acceptors (Lipinski definition) is 5. The molecular formula is C17H26N6OS. The number of nitrogens with zero attached hydrogens (tertiary/aromatic N) is 4. The number of amides is 1. The van der Waals surface area contributed by atoms with E-state index in [1.54, 1.807) is 6.20 Å². The summed E-state index contributed by atoms with van der Waals surface area (Å²) in [6, 6.07) is 3.94. The van der Waals surface area contributed by atoms with Gasteiger partial charge in [-0.3, -0.25) is 4.79 Å². The molecule has 2 fully saturated rings. The topological polar surface area (TPSA) is 101 Å². The second kappa shape index (κ2) is 8.42. The average molecular weight is 363 g/mol. The number of carbonyl (C=O) groups excluding carboxylic acids is 1. The maximum absolute atomic E-state index is 11.5. The lowest BCUT2D eigenvalue weighted by molar-refractivity contribution is -0.122. The van der Waals surface area contributed by atoms with Gasteiger partial charge in [0.2, 0.25) is 5.91 Å². The molecule has 0 aromatic carbocycles. The number of guanidine groups is 1. The van der Waals surface area contributed by atoms with Gasteiger partial charge in [0.05, 0.1) is 12.5 Å². The Morgan fingerprint density at radius 2 is 2.12 bits per heavy atom. The first-order chi connectivity index (χ1) is 12.1. The SMILES string of the molecule is NC(=O)C1CCCN(c2ncccc2CN=C(N)N2CCSCC2)C1. The summed E-state index contributed by atoms with van der Waals surface area (Å²) in [6.45, 7) is 3.91. The Labute approximate surface area is 152 Å². The van der Waals surface area contributed by atoms with Crippen LogP contribution in [0, 0.1) is 5.92 Å². The van der Waals surface area contributed by atoms with Crippen molar-refractivity contribution in [1.82, 2.24) is 9.88 Å². The van der Waals surface area contributed by atoms with Crippen molar-refractivity contribution in [2.75, 3.05) is 42.6 Å². The molecule has 0 radical (unpaired) electrons. The summed E-state index contributed by atoms with van der Waals surface area (Å²) in [6.07, 6.45) is 3.58. The number of anilines is 1. The summed E-state index contributed by atoms with van der Waals surface area (Å²) in [7, 11) is 0. The molecule has 0 aliphatic carbocycles. The standard InChI is InChI=1S/C17H26N6OS/c18-15(24)14-4-2-6-23(12-14)16-13(3-1-5-20-16)11-21-17(19)22-7-9-25-10-8-22/h1,3,5,14H,2,4,6-12H2,(H2,18,24)(H2,19,21). The molecule has 3 rings (SSSR count). The van der Waals surface area contributed by atoms with Gasteiger partial charge in [-0.2, -0.15) is 11.8 Å². The molecule has 1 amide bonds. The lowest BCUT2D eigenvalue weighted by Crippen LogP contribution is -2.43. The van der Waals surface area contributed by atoms with Crippen LogP contribution in [0.15, 0.2) is 23.3 Å². The minimum absolute atomic E-state index is 0.108. The lowest BCUT2D eigenvalue weighted by Gasteiger charge is -2.33. The van der Waals surface area contributed by atoms with Crippen LogP contribution in [0.4, 0.5) is 5.82 Å². The van der Waals surface area contributed by atoms with E-state index in [1.807, 2.05) is 23.9 Å². The molecule has 8 heteroatoms. The zero-order valence-electron chi connectivity index (χ0n) is 14.4. The fourth-order valence-electron chi connectivity index (χ4n) is 3.30. The van der Waals surface area contributed by atoms with Gasteiger partial charge >= 0.3 is 0 Å². The Kier molecular flexibility index (Phi) is 6.01. The molecule has 1 aromatic heterocycles. The van der Waals surface area contributed by atoms with Gasteiger partial charge in [-0.25, -0.2) is 9.98 Å². The fraction of sp³-hybridized carbons (Fsp3) is 0.588. The zero-order valence-corrected chi connectivity index (χ0v) is 15.2. The molecular weight excluding hydrogens is 336 g/mol. The Morgan fingerprint density at radius 1 is 1.32 bits per heavy atom. The van der Waals surface area contributed by atoms with Crippen LogP contribution < -0.4 is 16.4 Å². The van der Waals surface area contributed by atoms with Crippen LogP contribution >= 0.6 is 11.8 Å². The number of aromatic nitrogens is 1. The van der Waals surface area contributed by atoms with Crippen LogP contribution in [0.25, 0.3) is 0 Å². The molecule has 0 bridgehead atoms. The van der Waals surface area contributed by atoms with Gasteiger partial charge in [-0.15, -0.1) is 0 Å². The van der Waals surface area contributed by atoms with Crippen molar-refractivity contribution in [2.24, 2.45) is 22.4 Å². The van der Waals surface area contributed by atoms with E-state index in [0.29, 0.717) is 19.0 Å². The first kappa shape index (κ1) is 17.8. The van der Waals surface area contributed by atoms with Gasteiger partial charge in [0, 0.05) is 49.4 Å². The molecule has 136 valence electrons. The van der Waals surface area contributed by atoms with E-state index in [9.17, 15) is 4.79 Å². The van der Waals surface area contributed by atoms with Crippen molar-refractivity contribution in [3.05, 3.63) is 23.9 Å². The van der Waals surface area contributed by atoms with E-state index in [0.717, 1.165) is 55.4 Å². The summed E-state index contributed by atoms with van der Waals surface area (Å²) in [4.78, 5) is 24.9. The predicted octanol–water partition coefficient (Wildman–Crippen LogP) is 0.647. The highest BCUT2D eigenvalue weighted by atomic mass is 32.2. The first-order valence-electron chi connectivity index (χ1n) is 8.76. The van der Waals surface area contributed by atoms with E-state index in [2.05, 4.69) is 19.8 Å². The van der Waals surface area contributed by atoms with Crippen molar-refractivity contribution in [1.29, 1.82) is 0 Å². The highest BCUT2D eigenvalue weighted by Crippen LogP contribution is 2.25. The van der Waals surface area contributed by atoms with Crippen LogP contribution in [0.3, 0.4) is 0 Å². The van der Waals surface area contributed by atoms with E-state index in [4.69, 9.17) is 11.5 Å². The number of carbonyl (C=O) groups is 1. The highest BCUT2D eigenvalue weighted by Gasteiger charge is 2.26. The molecule has 2 aliphatic heterocycles. The van der Waals surface area contributed by atoms with Crippen molar-refractivity contribution in [3.8, 4) is 0 Å². The molecule has 7 nitrogen and oxygen atoms in total. The molecule has 0 saturated carbocycles. The van der Waals surface area contributed by atoms with Gasteiger partial charge in [-0.1, -0.05) is 6.07 Å². The summed E-state index contributed by atoms with van der Waals surface area (Å²) in [5.41, 5.74) is 12.7. The Hall–Kier alpha value is -1.96. The normalized spacial score (nSPS) is 22.1. The van der Waals surface area contributed by atoms with Crippen LogP contribution in [0.5, 0.6) is 0 Å². The summed E-state index contributed by atoms with van der Waals surface area (Å²) < 4.78 is 0. The molecule has 1 unspecified atom stereocenters. The number of aliphatic imine (C=N–C) groups is 1. The maximum Gasteiger partial charge on any atom is 0.222 e. The number of primary amides is 1. The van der Waals surface area contributed by atoms with Crippen LogP contribution in [-0.4, -0.2) is 59.4 Å². The molecule has 0 spiro atoms. The minimum Gasteiger partial charge on any atom is -0.370 e. The van der Waals surface area contributed by atoms with E-state index in [1.165, 1.54) is 0 Å². The fourth-order valence-corrected chi connectivity index (χ4v) is 4.20. The highest BCUT2D eigenvalue weighted by molar-refractivity contribution is 7.99. The van der Waals surface area contributed by atoms with Crippen molar-refractivity contribution >= 4 is 29.4 Å². The number of piperidine rings is 1. The second-order valence-electron chi connectivity index (χ2n) is 6.45. The number of rotatable bonds is 4. The Balaban J connectivity index is 1.71. The van der Waals surface area contributed by atoms with Gasteiger partial charge in [0.15, 0.2) is 5.96 Å². The lowest BCUT2D eigenvalue weighted by atomic mass is 9.97. The van der Waals surface area contributed by atoms with E-state index >= 15 is 0 Å². The van der Waals surface area contributed by atoms with E-state index in [-0.39, 0.29) is 11.8 Å². The molecule has 2 aliphatic rings. The molecule has 4 N–H and O–H groups in total. The monoisotopic (exact) mass is 362 g/mol. The third-order valence-electron chi connectivity index (χ3n) is 4.74. The van der Waals surface area contributed by atoms with Crippen molar-refractivity contribution < 1.29 is 4.79 Å². The van der Waals surface area contributed by atoms with E-state index < -0.39 is 0 Å². The van der Waals surface area contributed by atoms with Crippen LogP contribution in [0.2, 0.25) is 0 Å². The van der Waals surface area contributed by atoms with Crippen molar-refractivity contribution in [3.63, 3.8) is 0 Å². The number of hydrogen-bond donors (Lipinski definition) is 2. The quantitative estimate of drug-likeness (QED) is 0.602. The molecule has 3 heterocycles. The Bertz CT molecular complexity index is 631. The van der Waals surface area contributed by atoms with Gasteiger partial charge in [0.25, 0.3) is 0 Å². The molecule has 1 aromatic rings. The van der Waals surface area contributed by atoms with Gasteiger partial charge in [-0.05, 0) is 18.9 Å². The molecule has 2 saturated heterocycles. The number of nitrogens with two attached hydrogens (primary N) is 2. The average Bonchev–Trinajstić information content (AvgIpc) is 2.67. The molecule has 25 heavy (non-hydrogen) atoms. The summed E-state index contributed by atoms with van der Waals surface area (Å²) in [5.74, 6) is 3.34.